The lowest BCUT2D eigenvalue weighted by Gasteiger charge is -2.29. The minimum Gasteiger partial charge on any atom is -0.350 e. The summed E-state index contributed by atoms with van der Waals surface area (Å²) in [6.07, 6.45) is 0.431. The first-order valence-electron chi connectivity index (χ1n) is 9.63. The van der Waals surface area contributed by atoms with Crippen molar-refractivity contribution in [3.8, 4) is 0 Å². The number of halogens is 2. The second-order valence-corrected chi connectivity index (χ2v) is 8.55. The molecule has 158 valence electrons. The number of amides is 4. The molecule has 1 atom stereocenters. The first-order valence-corrected chi connectivity index (χ1v) is 10.4. The molecule has 1 aliphatic rings. The molecule has 1 heterocycles. The highest BCUT2D eigenvalue weighted by atomic mass is 35.5. The number of urea groups is 1. The van der Waals surface area contributed by atoms with E-state index in [9.17, 15) is 14.4 Å². The van der Waals surface area contributed by atoms with Gasteiger partial charge in [-0.3, -0.25) is 14.5 Å². The first-order chi connectivity index (χ1) is 14.2. The van der Waals surface area contributed by atoms with Crippen LogP contribution in [0.3, 0.4) is 0 Å². The topological polar surface area (TPSA) is 78.5 Å². The molecule has 8 heteroatoms. The fourth-order valence-corrected chi connectivity index (χ4v) is 4.09. The molecule has 0 unspecified atom stereocenters. The van der Waals surface area contributed by atoms with Gasteiger partial charge in [-0.15, -0.1) is 0 Å². The van der Waals surface area contributed by atoms with Crippen LogP contribution >= 0.6 is 23.2 Å². The van der Waals surface area contributed by atoms with Crippen LogP contribution in [-0.4, -0.2) is 29.3 Å². The zero-order chi connectivity index (χ0) is 21.9. The Labute approximate surface area is 185 Å². The Bertz CT molecular complexity index is 965. The monoisotopic (exact) mass is 447 g/mol. The molecule has 0 spiro atoms. The van der Waals surface area contributed by atoms with Gasteiger partial charge >= 0.3 is 6.03 Å². The molecular formula is C22H23Cl2N3O3. The van der Waals surface area contributed by atoms with Gasteiger partial charge in [-0.25, -0.2) is 4.79 Å². The molecule has 2 aromatic rings. The standard InChI is InChI=1S/C22H23Cl2N3O3/c1-14(2)11-22(16-6-4-3-5-7-16)20(29)27(21(30)26-22)13-19(28)25-12-15-8-9-17(23)10-18(15)24/h3-10,14H,11-13H2,1-2H3,(H,25,28)(H,26,30)/t22-/m0/s1. The number of rotatable bonds is 7. The molecule has 0 aromatic heterocycles. The second-order valence-electron chi connectivity index (χ2n) is 7.70. The van der Waals surface area contributed by atoms with E-state index in [2.05, 4.69) is 10.6 Å². The number of hydrogen-bond acceptors (Lipinski definition) is 3. The van der Waals surface area contributed by atoms with Crippen LogP contribution in [-0.2, 0) is 21.7 Å². The van der Waals surface area contributed by atoms with E-state index in [-0.39, 0.29) is 19.0 Å². The molecule has 30 heavy (non-hydrogen) atoms. The highest BCUT2D eigenvalue weighted by Gasteiger charge is 2.52. The van der Waals surface area contributed by atoms with Gasteiger partial charge in [0.15, 0.2) is 0 Å². The summed E-state index contributed by atoms with van der Waals surface area (Å²) in [5.41, 5.74) is 0.213. The van der Waals surface area contributed by atoms with Crippen LogP contribution in [0, 0.1) is 5.92 Å². The summed E-state index contributed by atoms with van der Waals surface area (Å²) in [4.78, 5) is 39.4. The van der Waals surface area contributed by atoms with Gasteiger partial charge in [-0.2, -0.15) is 0 Å². The summed E-state index contributed by atoms with van der Waals surface area (Å²) in [5.74, 6) is -0.736. The van der Waals surface area contributed by atoms with Crippen molar-refractivity contribution in [2.45, 2.75) is 32.4 Å². The molecule has 0 radical (unpaired) electrons. The van der Waals surface area contributed by atoms with Gasteiger partial charge in [-0.05, 0) is 35.6 Å². The molecule has 0 aliphatic carbocycles. The fraction of sp³-hybridized carbons (Fsp3) is 0.318. The molecular weight excluding hydrogens is 425 g/mol. The predicted molar refractivity (Wildman–Crippen MR) is 116 cm³/mol. The Balaban J connectivity index is 1.74. The Hall–Kier alpha value is -2.57. The molecule has 0 bridgehead atoms. The van der Waals surface area contributed by atoms with Crippen molar-refractivity contribution in [2.75, 3.05) is 6.54 Å². The van der Waals surface area contributed by atoms with E-state index >= 15 is 0 Å². The SMILES string of the molecule is CC(C)C[C@@]1(c2ccccc2)NC(=O)N(CC(=O)NCc2ccc(Cl)cc2Cl)C1=O. The summed E-state index contributed by atoms with van der Waals surface area (Å²) < 4.78 is 0. The van der Waals surface area contributed by atoms with Gasteiger partial charge < -0.3 is 10.6 Å². The number of nitrogens with one attached hydrogen (secondary N) is 2. The molecule has 1 saturated heterocycles. The third-order valence-electron chi connectivity index (χ3n) is 4.95. The van der Waals surface area contributed by atoms with Gasteiger partial charge in [0, 0.05) is 16.6 Å². The average molecular weight is 448 g/mol. The minimum atomic E-state index is -1.17. The highest BCUT2D eigenvalue weighted by Crippen LogP contribution is 2.35. The Morgan fingerprint density at radius 1 is 1.13 bits per heavy atom. The van der Waals surface area contributed by atoms with E-state index < -0.39 is 23.4 Å². The van der Waals surface area contributed by atoms with E-state index in [0.29, 0.717) is 27.6 Å². The van der Waals surface area contributed by atoms with Crippen LogP contribution in [0.4, 0.5) is 4.79 Å². The van der Waals surface area contributed by atoms with Crippen molar-refractivity contribution < 1.29 is 14.4 Å². The lowest BCUT2D eigenvalue weighted by atomic mass is 9.82. The van der Waals surface area contributed by atoms with Crippen LogP contribution < -0.4 is 10.6 Å². The van der Waals surface area contributed by atoms with E-state index in [4.69, 9.17) is 23.2 Å². The third-order valence-corrected chi connectivity index (χ3v) is 5.54. The number of carbonyl (C=O) groups is 3. The smallest absolute Gasteiger partial charge is 0.325 e. The van der Waals surface area contributed by atoms with Gasteiger partial charge in [-0.1, -0.05) is 73.4 Å². The highest BCUT2D eigenvalue weighted by molar-refractivity contribution is 6.35. The summed E-state index contributed by atoms with van der Waals surface area (Å²) in [6.45, 7) is 3.75. The van der Waals surface area contributed by atoms with Gasteiger partial charge in [0.2, 0.25) is 5.91 Å². The molecule has 2 aromatic carbocycles. The lowest BCUT2D eigenvalue weighted by molar-refractivity contribution is -0.135. The van der Waals surface area contributed by atoms with Crippen LogP contribution in [0.15, 0.2) is 48.5 Å². The Morgan fingerprint density at radius 2 is 1.83 bits per heavy atom. The van der Waals surface area contributed by atoms with Crippen molar-refractivity contribution in [1.82, 2.24) is 15.5 Å². The van der Waals surface area contributed by atoms with E-state index in [1.807, 2.05) is 44.2 Å². The fourth-order valence-electron chi connectivity index (χ4n) is 3.61. The molecule has 4 amide bonds. The first kappa shape index (κ1) is 22.1. The molecule has 1 fully saturated rings. The van der Waals surface area contributed by atoms with Gasteiger partial charge in [0.05, 0.1) is 0 Å². The average Bonchev–Trinajstić information content (AvgIpc) is 2.92. The van der Waals surface area contributed by atoms with Crippen LogP contribution in [0.2, 0.25) is 10.0 Å². The van der Waals surface area contributed by atoms with Gasteiger partial charge in [0.1, 0.15) is 12.1 Å². The van der Waals surface area contributed by atoms with E-state index in [0.717, 1.165) is 4.90 Å². The number of benzene rings is 2. The zero-order valence-corrected chi connectivity index (χ0v) is 18.3. The maximum Gasteiger partial charge on any atom is 0.325 e. The molecule has 0 saturated carbocycles. The Morgan fingerprint density at radius 3 is 2.47 bits per heavy atom. The number of imide groups is 1. The molecule has 6 nitrogen and oxygen atoms in total. The lowest BCUT2D eigenvalue weighted by Crippen LogP contribution is -2.46. The third kappa shape index (κ3) is 4.60. The zero-order valence-electron chi connectivity index (χ0n) is 16.7. The van der Waals surface area contributed by atoms with Gasteiger partial charge in [0.25, 0.3) is 5.91 Å². The maximum absolute atomic E-state index is 13.3. The summed E-state index contributed by atoms with van der Waals surface area (Å²) >= 11 is 12.0. The van der Waals surface area contributed by atoms with Crippen molar-refractivity contribution in [2.24, 2.45) is 5.92 Å². The quantitative estimate of drug-likeness (QED) is 0.626. The normalized spacial score (nSPS) is 18.6. The number of carbonyl (C=O) groups excluding carboxylic acids is 3. The van der Waals surface area contributed by atoms with Crippen LogP contribution in [0.5, 0.6) is 0 Å². The minimum absolute atomic E-state index is 0.148. The van der Waals surface area contributed by atoms with E-state index in [1.165, 1.54) is 0 Å². The molecule has 3 rings (SSSR count). The summed E-state index contributed by atoms with van der Waals surface area (Å²) in [5, 5.41) is 6.45. The Kier molecular flexibility index (Phi) is 6.68. The van der Waals surface area contributed by atoms with Crippen molar-refractivity contribution in [3.63, 3.8) is 0 Å². The van der Waals surface area contributed by atoms with Crippen molar-refractivity contribution >= 4 is 41.0 Å². The summed E-state index contributed by atoms with van der Waals surface area (Å²) in [6, 6.07) is 13.5. The molecule has 1 aliphatic heterocycles. The van der Waals surface area contributed by atoms with Crippen LogP contribution in [0.1, 0.15) is 31.4 Å². The summed E-state index contributed by atoms with van der Waals surface area (Å²) in [7, 11) is 0. The molecule has 2 N–H and O–H groups in total. The predicted octanol–water partition coefficient (Wildman–Crippen LogP) is 4.10. The largest absolute Gasteiger partial charge is 0.350 e. The second kappa shape index (κ2) is 9.06. The number of nitrogens with zero attached hydrogens (tertiary/aromatic N) is 1. The van der Waals surface area contributed by atoms with Crippen molar-refractivity contribution in [3.05, 3.63) is 69.7 Å². The number of hydrogen-bond donors (Lipinski definition) is 2. The maximum atomic E-state index is 13.3. The van der Waals surface area contributed by atoms with E-state index in [1.54, 1.807) is 18.2 Å². The van der Waals surface area contributed by atoms with Crippen LogP contribution in [0.25, 0.3) is 0 Å². The van der Waals surface area contributed by atoms with Crippen molar-refractivity contribution in [1.29, 1.82) is 0 Å².